The predicted octanol–water partition coefficient (Wildman–Crippen LogP) is 1.43. The zero-order valence-corrected chi connectivity index (χ0v) is 9.13. The van der Waals surface area contributed by atoms with Crippen molar-refractivity contribution in [3.05, 3.63) is 41.2 Å². The normalized spacial score (nSPS) is 10.2. The molecule has 7 heteroatoms. The molecule has 2 heterocycles. The number of aromatic nitrogens is 3. The Morgan fingerprint density at radius 1 is 1.47 bits per heavy atom. The van der Waals surface area contributed by atoms with E-state index in [1.54, 1.807) is 0 Å². The number of carboxylic acids is 1. The minimum absolute atomic E-state index is 0.0244. The van der Waals surface area contributed by atoms with Crippen LogP contribution < -0.4 is 0 Å². The van der Waals surface area contributed by atoms with Crippen molar-refractivity contribution < 1.29 is 14.7 Å². The third-order valence-corrected chi connectivity index (χ3v) is 2.38. The summed E-state index contributed by atoms with van der Waals surface area (Å²) in [6.07, 6.45) is 5.86. The molecule has 0 radical (unpaired) electrons. The van der Waals surface area contributed by atoms with Crippen LogP contribution >= 0.6 is 11.6 Å². The average Bonchev–Trinajstić information content (AvgIpc) is 2.76. The van der Waals surface area contributed by atoms with E-state index < -0.39 is 5.97 Å². The van der Waals surface area contributed by atoms with E-state index in [-0.39, 0.29) is 22.0 Å². The van der Waals surface area contributed by atoms with E-state index >= 15 is 0 Å². The number of rotatable bonds is 3. The lowest BCUT2D eigenvalue weighted by Gasteiger charge is -2.06. The molecule has 17 heavy (non-hydrogen) atoms. The SMILES string of the molecule is O=Cc1cn(-c2cncc(Cl)c2C(=O)O)cn1. The second-order valence-corrected chi connectivity index (χ2v) is 3.55. The summed E-state index contributed by atoms with van der Waals surface area (Å²) < 4.78 is 1.38. The highest BCUT2D eigenvalue weighted by atomic mass is 35.5. The van der Waals surface area contributed by atoms with Gasteiger partial charge in [0.15, 0.2) is 6.29 Å². The van der Waals surface area contributed by atoms with Crippen molar-refractivity contribution in [2.75, 3.05) is 0 Å². The maximum atomic E-state index is 11.1. The van der Waals surface area contributed by atoms with E-state index in [1.807, 2.05) is 0 Å². The Bertz CT molecular complexity index is 594. The number of nitrogens with zero attached hydrogens (tertiary/aromatic N) is 3. The molecule has 2 rings (SSSR count). The van der Waals surface area contributed by atoms with Gasteiger partial charge < -0.3 is 9.67 Å². The molecule has 0 spiro atoms. The van der Waals surface area contributed by atoms with Gasteiger partial charge in [0.2, 0.25) is 0 Å². The molecule has 0 saturated carbocycles. The van der Waals surface area contributed by atoms with Crippen molar-refractivity contribution in [3.8, 4) is 5.69 Å². The second kappa shape index (κ2) is 4.34. The van der Waals surface area contributed by atoms with Crippen LogP contribution in [0.2, 0.25) is 5.02 Å². The third-order valence-electron chi connectivity index (χ3n) is 2.10. The zero-order valence-electron chi connectivity index (χ0n) is 8.37. The first kappa shape index (κ1) is 11.3. The number of carboxylic acid groups (broad SMARTS) is 1. The topological polar surface area (TPSA) is 85.1 Å². The van der Waals surface area contributed by atoms with Gasteiger partial charge in [-0.05, 0) is 0 Å². The van der Waals surface area contributed by atoms with Gasteiger partial charge in [0, 0.05) is 12.4 Å². The molecule has 0 fully saturated rings. The molecule has 0 aliphatic rings. The highest BCUT2D eigenvalue weighted by Gasteiger charge is 2.16. The molecule has 0 aliphatic heterocycles. The van der Waals surface area contributed by atoms with Crippen LogP contribution in [0, 0.1) is 0 Å². The van der Waals surface area contributed by atoms with Gasteiger partial charge in [-0.15, -0.1) is 0 Å². The number of carbonyl (C=O) groups excluding carboxylic acids is 1. The number of aldehydes is 1. The summed E-state index contributed by atoms with van der Waals surface area (Å²) in [5, 5.41) is 9.08. The van der Waals surface area contributed by atoms with E-state index in [0.29, 0.717) is 6.29 Å². The molecule has 2 aromatic heterocycles. The van der Waals surface area contributed by atoms with Gasteiger partial charge in [-0.3, -0.25) is 9.78 Å². The highest BCUT2D eigenvalue weighted by molar-refractivity contribution is 6.33. The van der Waals surface area contributed by atoms with Gasteiger partial charge in [-0.25, -0.2) is 9.78 Å². The van der Waals surface area contributed by atoms with Crippen LogP contribution in [0.3, 0.4) is 0 Å². The molecule has 0 aromatic carbocycles. The first-order valence-electron chi connectivity index (χ1n) is 4.50. The summed E-state index contributed by atoms with van der Waals surface area (Å²) in [4.78, 5) is 29.2. The first-order valence-corrected chi connectivity index (χ1v) is 4.87. The predicted molar refractivity (Wildman–Crippen MR) is 58.7 cm³/mol. The Morgan fingerprint density at radius 3 is 2.82 bits per heavy atom. The second-order valence-electron chi connectivity index (χ2n) is 3.14. The Balaban J connectivity index is 2.62. The van der Waals surface area contributed by atoms with Crippen molar-refractivity contribution >= 4 is 23.9 Å². The lowest BCUT2D eigenvalue weighted by Crippen LogP contribution is -2.06. The van der Waals surface area contributed by atoms with E-state index in [1.165, 1.54) is 29.5 Å². The molecule has 86 valence electrons. The van der Waals surface area contributed by atoms with Crippen LogP contribution in [0.1, 0.15) is 20.8 Å². The fraction of sp³-hybridized carbons (Fsp3) is 0. The summed E-state index contributed by atoms with van der Waals surface area (Å²) in [6, 6.07) is 0. The Kier molecular flexibility index (Phi) is 2.88. The molecule has 6 nitrogen and oxygen atoms in total. The summed E-state index contributed by atoms with van der Waals surface area (Å²) in [5.41, 5.74) is 0.364. The summed E-state index contributed by atoms with van der Waals surface area (Å²) in [7, 11) is 0. The highest BCUT2D eigenvalue weighted by Crippen LogP contribution is 2.21. The molecule has 1 N–H and O–H groups in total. The fourth-order valence-electron chi connectivity index (χ4n) is 1.36. The van der Waals surface area contributed by atoms with Crippen LogP contribution in [0.5, 0.6) is 0 Å². The number of halogens is 1. The number of hydrogen-bond acceptors (Lipinski definition) is 4. The van der Waals surface area contributed by atoms with Crippen LogP contribution in [0.25, 0.3) is 5.69 Å². The average molecular weight is 252 g/mol. The molecule has 0 unspecified atom stereocenters. The van der Waals surface area contributed by atoms with E-state index in [4.69, 9.17) is 16.7 Å². The lowest BCUT2D eigenvalue weighted by molar-refractivity contribution is 0.0697. The van der Waals surface area contributed by atoms with Crippen molar-refractivity contribution in [2.24, 2.45) is 0 Å². The van der Waals surface area contributed by atoms with Crippen molar-refractivity contribution in [2.45, 2.75) is 0 Å². The fourth-order valence-corrected chi connectivity index (χ4v) is 1.60. The molecular formula is C10H6ClN3O3. The smallest absolute Gasteiger partial charge is 0.339 e. The quantitative estimate of drug-likeness (QED) is 0.834. The minimum Gasteiger partial charge on any atom is -0.478 e. The number of aromatic carboxylic acids is 1. The molecule has 0 saturated heterocycles. The largest absolute Gasteiger partial charge is 0.478 e. The van der Waals surface area contributed by atoms with Gasteiger partial charge in [0.05, 0.1) is 16.9 Å². The molecular weight excluding hydrogens is 246 g/mol. The van der Waals surface area contributed by atoms with Crippen molar-refractivity contribution in [3.63, 3.8) is 0 Å². The van der Waals surface area contributed by atoms with Crippen LogP contribution in [-0.2, 0) is 0 Å². The van der Waals surface area contributed by atoms with Crippen LogP contribution in [-0.4, -0.2) is 31.9 Å². The third kappa shape index (κ3) is 2.02. The molecule has 0 bridgehead atoms. The summed E-state index contributed by atoms with van der Waals surface area (Å²) in [6.45, 7) is 0. The van der Waals surface area contributed by atoms with Crippen molar-refractivity contribution in [1.29, 1.82) is 0 Å². The number of hydrogen-bond donors (Lipinski definition) is 1. The van der Waals surface area contributed by atoms with Gasteiger partial charge in [0.25, 0.3) is 0 Å². The number of carbonyl (C=O) groups is 2. The first-order chi connectivity index (χ1) is 8.13. The maximum Gasteiger partial charge on any atom is 0.339 e. The number of pyridine rings is 1. The zero-order chi connectivity index (χ0) is 12.4. The van der Waals surface area contributed by atoms with E-state index in [0.717, 1.165) is 0 Å². The standard InChI is InChI=1S/C10H6ClN3O3/c11-7-1-12-2-8(9(7)10(16)17)14-3-6(4-15)13-5-14/h1-5H,(H,16,17). The van der Waals surface area contributed by atoms with Crippen LogP contribution in [0.15, 0.2) is 24.9 Å². The molecule has 0 atom stereocenters. The van der Waals surface area contributed by atoms with Gasteiger partial charge >= 0.3 is 5.97 Å². The minimum atomic E-state index is -1.17. The Hall–Kier alpha value is -2.21. The van der Waals surface area contributed by atoms with Crippen LogP contribution in [0.4, 0.5) is 0 Å². The maximum absolute atomic E-state index is 11.1. The van der Waals surface area contributed by atoms with Gasteiger partial charge in [-0.1, -0.05) is 11.6 Å². The summed E-state index contributed by atoms with van der Waals surface area (Å²) >= 11 is 5.77. The molecule has 2 aromatic rings. The van der Waals surface area contributed by atoms with E-state index in [2.05, 4.69) is 9.97 Å². The summed E-state index contributed by atoms with van der Waals surface area (Å²) in [5.74, 6) is -1.17. The Morgan fingerprint density at radius 2 is 2.24 bits per heavy atom. The lowest BCUT2D eigenvalue weighted by atomic mass is 10.2. The van der Waals surface area contributed by atoms with E-state index in [9.17, 15) is 9.59 Å². The van der Waals surface area contributed by atoms with Crippen molar-refractivity contribution in [1.82, 2.24) is 14.5 Å². The molecule has 0 amide bonds. The Labute approximate surface area is 100 Å². The monoisotopic (exact) mass is 251 g/mol. The van der Waals surface area contributed by atoms with Gasteiger partial charge in [-0.2, -0.15) is 0 Å². The van der Waals surface area contributed by atoms with Gasteiger partial charge in [0.1, 0.15) is 17.6 Å². The number of imidazole rings is 1. The molecule has 0 aliphatic carbocycles.